The first-order chi connectivity index (χ1) is 17.5. The summed E-state index contributed by atoms with van der Waals surface area (Å²) in [5.41, 5.74) is 1.51. The maximum Gasteiger partial charge on any atom is 0.418 e. The maximum absolute atomic E-state index is 13.6. The van der Waals surface area contributed by atoms with Gasteiger partial charge in [0.2, 0.25) is 0 Å². The van der Waals surface area contributed by atoms with Gasteiger partial charge in [0.1, 0.15) is 12.4 Å². The van der Waals surface area contributed by atoms with Crippen LogP contribution < -0.4 is 10.1 Å². The van der Waals surface area contributed by atoms with Gasteiger partial charge in [-0.25, -0.2) is 4.79 Å². The van der Waals surface area contributed by atoms with Crippen LogP contribution in [-0.2, 0) is 12.8 Å². The summed E-state index contributed by atoms with van der Waals surface area (Å²) in [6.07, 6.45) is -4.54. The lowest BCUT2D eigenvalue weighted by Gasteiger charge is -2.17. The van der Waals surface area contributed by atoms with E-state index in [0.717, 1.165) is 6.07 Å². The van der Waals surface area contributed by atoms with Gasteiger partial charge in [0, 0.05) is 23.1 Å². The number of carboxylic acid groups (broad SMARTS) is 1. The molecule has 0 saturated carbocycles. The zero-order valence-corrected chi connectivity index (χ0v) is 20.0. The van der Waals surface area contributed by atoms with Crippen molar-refractivity contribution in [1.29, 1.82) is 0 Å². The molecule has 0 aliphatic rings. The number of amides is 1. The number of benzene rings is 3. The normalized spacial score (nSPS) is 11.3. The Labute approximate surface area is 210 Å². The molecule has 190 valence electrons. The van der Waals surface area contributed by atoms with E-state index in [0.29, 0.717) is 28.4 Å². The van der Waals surface area contributed by atoms with Crippen molar-refractivity contribution in [3.05, 3.63) is 113 Å². The minimum Gasteiger partial charge on any atom is -0.489 e. The number of ether oxygens (including phenoxy) is 1. The number of hydrogen-bond acceptors (Lipinski definition) is 3. The minimum absolute atomic E-state index is 0.0496. The summed E-state index contributed by atoms with van der Waals surface area (Å²) in [6.45, 7) is 3.36. The SMILES string of the molecule is Cc1cc(C(=O)Nc2cccc(OCc3cccc(C(=O)O)c3)c2)c(C)n1-c1ccccc1C(F)(F)F. The van der Waals surface area contributed by atoms with Crippen molar-refractivity contribution >= 4 is 17.6 Å². The van der Waals surface area contributed by atoms with Crippen LogP contribution in [0.5, 0.6) is 5.75 Å². The van der Waals surface area contributed by atoms with Gasteiger partial charge in [0.05, 0.1) is 22.4 Å². The van der Waals surface area contributed by atoms with Gasteiger partial charge >= 0.3 is 12.1 Å². The average molecular weight is 508 g/mol. The van der Waals surface area contributed by atoms with Crippen molar-refractivity contribution in [1.82, 2.24) is 4.57 Å². The van der Waals surface area contributed by atoms with Crippen molar-refractivity contribution in [2.24, 2.45) is 0 Å². The van der Waals surface area contributed by atoms with Crippen LogP contribution in [0.4, 0.5) is 18.9 Å². The van der Waals surface area contributed by atoms with Gasteiger partial charge in [0.15, 0.2) is 0 Å². The molecule has 2 N–H and O–H groups in total. The summed E-state index contributed by atoms with van der Waals surface area (Å²) >= 11 is 0. The van der Waals surface area contributed by atoms with E-state index in [1.165, 1.54) is 34.9 Å². The first-order valence-electron chi connectivity index (χ1n) is 11.3. The Morgan fingerprint density at radius 2 is 1.68 bits per heavy atom. The van der Waals surface area contributed by atoms with Gasteiger partial charge in [-0.2, -0.15) is 13.2 Å². The second kappa shape index (κ2) is 10.2. The van der Waals surface area contributed by atoms with Crippen molar-refractivity contribution in [3.63, 3.8) is 0 Å². The molecule has 0 atom stereocenters. The molecule has 1 heterocycles. The number of carbonyl (C=O) groups is 2. The lowest BCUT2D eigenvalue weighted by molar-refractivity contribution is -0.137. The molecule has 4 aromatic rings. The Bertz CT molecular complexity index is 1470. The van der Waals surface area contributed by atoms with E-state index in [2.05, 4.69) is 5.32 Å². The van der Waals surface area contributed by atoms with Crippen LogP contribution in [0.25, 0.3) is 5.69 Å². The van der Waals surface area contributed by atoms with E-state index in [1.54, 1.807) is 56.3 Å². The van der Waals surface area contributed by atoms with Crippen LogP contribution in [-0.4, -0.2) is 21.6 Å². The number of para-hydroxylation sites is 1. The Kier molecular flexibility index (Phi) is 7.06. The molecule has 0 spiro atoms. The Balaban J connectivity index is 1.53. The number of alkyl halides is 3. The van der Waals surface area contributed by atoms with Gasteiger partial charge in [-0.05, 0) is 61.9 Å². The number of aromatic carboxylic acids is 1. The van der Waals surface area contributed by atoms with Crippen LogP contribution in [0, 0.1) is 13.8 Å². The van der Waals surface area contributed by atoms with Gasteiger partial charge in [-0.15, -0.1) is 0 Å². The number of aromatic nitrogens is 1. The van der Waals surface area contributed by atoms with Crippen molar-refractivity contribution in [2.45, 2.75) is 26.6 Å². The van der Waals surface area contributed by atoms with Gasteiger partial charge in [-0.1, -0.05) is 30.3 Å². The number of rotatable bonds is 7. The predicted molar refractivity (Wildman–Crippen MR) is 132 cm³/mol. The van der Waals surface area contributed by atoms with Crippen LogP contribution in [0.15, 0.2) is 78.9 Å². The van der Waals surface area contributed by atoms with E-state index in [9.17, 15) is 22.8 Å². The minimum atomic E-state index is -4.54. The predicted octanol–water partition coefficient (Wildman–Crippen LogP) is 6.64. The fraction of sp³-hybridized carbons (Fsp3) is 0.143. The van der Waals surface area contributed by atoms with Gasteiger partial charge in [0.25, 0.3) is 5.91 Å². The summed E-state index contributed by atoms with van der Waals surface area (Å²) in [7, 11) is 0. The molecule has 3 aromatic carbocycles. The zero-order valence-electron chi connectivity index (χ0n) is 20.0. The third-order valence-corrected chi connectivity index (χ3v) is 5.80. The lowest BCUT2D eigenvalue weighted by atomic mass is 10.1. The standard InChI is InChI=1S/C28H23F3N2O4/c1-17-13-23(18(2)33(17)25-12-4-3-11-24(25)28(29,30)31)26(34)32-21-9-6-10-22(15-21)37-16-19-7-5-8-20(14-19)27(35)36/h3-15H,16H2,1-2H3,(H,32,34)(H,35,36). The highest BCUT2D eigenvalue weighted by molar-refractivity contribution is 6.05. The summed E-state index contributed by atoms with van der Waals surface area (Å²) in [5, 5.41) is 11.9. The molecule has 0 radical (unpaired) electrons. The third kappa shape index (κ3) is 5.66. The number of nitrogens with one attached hydrogen (secondary N) is 1. The molecule has 0 unspecified atom stereocenters. The van der Waals surface area contributed by atoms with Crippen LogP contribution >= 0.6 is 0 Å². The molecule has 6 nitrogen and oxygen atoms in total. The topological polar surface area (TPSA) is 80.6 Å². The molecule has 0 aliphatic heterocycles. The fourth-order valence-electron chi connectivity index (χ4n) is 4.09. The number of carboxylic acids is 1. The van der Waals surface area contributed by atoms with E-state index < -0.39 is 23.6 Å². The van der Waals surface area contributed by atoms with Crippen molar-refractivity contribution in [2.75, 3.05) is 5.32 Å². The summed E-state index contributed by atoms with van der Waals surface area (Å²) in [6, 6.07) is 19.8. The number of aryl methyl sites for hydroxylation is 1. The molecule has 1 amide bonds. The number of anilines is 1. The molecule has 0 aliphatic carbocycles. The molecule has 4 rings (SSSR count). The largest absolute Gasteiger partial charge is 0.489 e. The van der Waals surface area contributed by atoms with Crippen LogP contribution in [0.2, 0.25) is 0 Å². The summed E-state index contributed by atoms with van der Waals surface area (Å²) in [5.74, 6) is -1.06. The number of halogens is 3. The number of carbonyl (C=O) groups excluding carboxylic acids is 1. The van der Waals surface area contributed by atoms with Crippen molar-refractivity contribution in [3.8, 4) is 11.4 Å². The summed E-state index contributed by atoms with van der Waals surface area (Å²) in [4.78, 5) is 24.2. The molecule has 0 fully saturated rings. The second-order valence-electron chi connectivity index (χ2n) is 8.41. The highest BCUT2D eigenvalue weighted by Crippen LogP contribution is 2.35. The van der Waals surface area contributed by atoms with E-state index in [-0.39, 0.29) is 23.4 Å². The van der Waals surface area contributed by atoms with Gasteiger partial charge < -0.3 is 19.7 Å². The van der Waals surface area contributed by atoms with Gasteiger partial charge in [-0.3, -0.25) is 4.79 Å². The molecular formula is C28H23F3N2O4. The lowest BCUT2D eigenvalue weighted by Crippen LogP contribution is -2.15. The molecule has 37 heavy (non-hydrogen) atoms. The molecule has 1 aromatic heterocycles. The van der Waals surface area contributed by atoms with E-state index >= 15 is 0 Å². The highest BCUT2D eigenvalue weighted by Gasteiger charge is 2.34. The quantitative estimate of drug-likeness (QED) is 0.293. The van der Waals surface area contributed by atoms with Crippen molar-refractivity contribution < 1.29 is 32.6 Å². The Morgan fingerprint density at radius 1 is 0.946 bits per heavy atom. The Morgan fingerprint density at radius 3 is 2.41 bits per heavy atom. The zero-order chi connectivity index (χ0) is 26.7. The average Bonchev–Trinajstić information content (AvgIpc) is 3.16. The van der Waals surface area contributed by atoms with E-state index in [1.807, 2.05) is 0 Å². The highest BCUT2D eigenvalue weighted by atomic mass is 19.4. The molecule has 0 saturated heterocycles. The number of nitrogens with zero attached hydrogens (tertiary/aromatic N) is 1. The third-order valence-electron chi connectivity index (χ3n) is 5.80. The first kappa shape index (κ1) is 25.6. The first-order valence-corrected chi connectivity index (χ1v) is 11.3. The molecule has 0 bridgehead atoms. The smallest absolute Gasteiger partial charge is 0.418 e. The molecular weight excluding hydrogens is 485 g/mol. The van der Waals surface area contributed by atoms with Crippen LogP contribution in [0.1, 0.15) is 43.2 Å². The fourth-order valence-corrected chi connectivity index (χ4v) is 4.09. The summed E-state index contributed by atoms with van der Waals surface area (Å²) < 4.78 is 47.9. The monoisotopic (exact) mass is 508 g/mol. The Hall–Kier alpha value is -4.53. The van der Waals surface area contributed by atoms with Crippen LogP contribution in [0.3, 0.4) is 0 Å². The number of hydrogen-bond donors (Lipinski definition) is 2. The second-order valence-corrected chi connectivity index (χ2v) is 8.41. The molecule has 9 heteroatoms. The maximum atomic E-state index is 13.6. The van der Waals surface area contributed by atoms with E-state index in [4.69, 9.17) is 9.84 Å².